The van der Waals surface area contributed by atoms with E-state index in [4.69, 9.17) is 14.5 Å². The molecule has 0 aromatic heterocycles. The molecular weight excluding hydrogens is 376 g/mol. The Bertz CT molecular complexity index is 740. The lowest BCUT2D eigenvalue weighted by Gasteiger charge is -2.36. The maximum Gasteiger partial charge on any atom is 0.409 e. The first-order valence-corrected chi connectivity index (χ1v) is 10.00. The number of nitrogens with one attached hydrogen (secondary N) is 1. The smallest absolute Gasteiger partial charge is 0.409 e. The summed E-state index contributed by atoms with van der Waals surface area (Å²) in [6, 6.07) is 6.64. The average molecular weight is 404 g/mol. The van der Waals surface area contributed by atoms with Crippen LogP contribution in [0.25, 0.3) is 0 Å². The molecule has 1 amide bonds. The van der Waals surface area contributed by atoms with E-state index in [1.165, 1.54) is 0 Å². The second-order valence-corrected chi connectivity index (χ2v) is 6.98. The number of aromatic carboxylic acids is 1. The van der Waals surface area contributed by atoms with Gasteiger partial charge in [0, 0.05) is 38.5 Å². The minimum Gasteiger partial charge on any atom is -0.478 e. The molecule has 2 aliphatic heterocycles. The van der Waals surface area contributed by atoms with Crippen molar-refractivity contribution in [3.63, 3.8) is 0 Å². The lowest BCUT2D eigenvalue weighted by molar-refractivity contribution is 0.0696. The van der Waals surface area contributed by atoms with Gasteiger partial charge in [-0.3, -0.25) is 4.99 Å². The van der Waals surface area contributed by atoms with E-state index in [0.717, 1.165) is 19.4 Å². The Morgan fingerprint density at radius 3 is 2.69 bits per heavy atom. The first-order valence-electron chi connectivity index (χ1n) is 10.00. The minimum absolute atomic E-state index is 0.109. The summed E-state index contributed by atoms with van der Waals surface area (Å²) in [6.07, 6.45) is 1.84. The van der Waals surface area contributed by atoms with Crippen molar-refractivity contribution in [3.8, 4) is 0 Å². The third-order valence-electron chi connectivity index (χ3n) is 4.94. The second-order valence-electron chi connectivity index (χ2n) is 6.98. The number of carbonyl (C=O) groups excluding carboxylic acids is 1. The van der Waals surface area contributed by atoms with E-state index in [2.05, 4.69) is 10.2 Å². The third kappa shape index (κ3) is 5.83. The second kappa shape index (κ2) is 10.1. The van der Waals surface area contributed by atoms with Crippen LogP contribution in [-0.4, -0.2) is 85.0 Å². The Morgan fingerprint density at radius 2 is 2.03 bits per heavy atom. The fraction of sp³-hybridized carbons (Fsp3) is 0.550. The molecule has 9 heteroatoms. The standard InChI is InChI=1S/C20H28N4O5/c1-2-28-20(27)24-10-8-23(9-11-24)19(21-14-17-7-4-12-29-17)22-16-6-3-5-15(13-16)18(25)26/h3,5-6,13,17H,2,4,7-12,14H2,1H3,(H,21,22)(H,25,26). The summed E-state index contributed by atoms with van der Waals surface area (Å²) >= 11 is 0. The number of carboxylic acid groups (broad SMARTS) is 1. The van der Waals surface area contributed by atoms with Crippen LogP contribution in [0.4, 0.5) is 10.5 Å². The summed E-state index contributed by atoms with van der Waals surface area (Å²) < 4.78 is 10.7. The van der Waals surface area contributed by atoms with E-state index in [9.17, 15) is 14.7 Å². The SMILES string of the molecule is CCOC(=O)N1CCN(C(=NCC2CCCO2)Nc2cccc(C(=O)O)c2)CC1. The molecule has 1 atom stereocenters. The molecule has 1 aromatic carbocycles. The van der Waals surface area contributed by atoms with Crippen LogP contribution in [0, 0.1) is 0 Å². The van der Waals surface area contributed by atoms with Crippen molar-refractivity contribution >= 4 is 23.7 Å². The van der Waals surface area contributed by atoms with Crippen LogP contribution in [0.1, 0.15) is 30.1 Å². The van der Waals surface area contributed by atoms with Crippen LogP contribution in [-0.2, 0) is 9.47 Å². The Kier molecular flexibility index (Phi) is 7.29. The number of rotatable bonds is 5. The van der Waals surface area contributed by atoms with Gasteiger partial charge in [-0.15, -0.1) is 0 Å². The molecule has 3 rings (SSSR count). The summed E-state index contributed by atoms with van der Waals surface area (Å²) in [4.78, 5) is 31.7. The first kappa shape index (κ1) is 20.9. The molecule has 9 nitrogen and oxygen atoms in total. The minimum atomic E-state index is -0.977. The number of hydrogen-bond donors (Lipinski definition) is 2. The van der Waals surface area contributed by atoms with Gasteiger partial charge in [-0.1, -0.05) is 6.07 Å². The van der Waals surface area contributed by atoms with E-state index < -0.39 is 5.97 Å². The number of guanidine groups is 1. The zero-order valence-electron chi connectivity index (χ0n) is 16.7. The fourth-order valence-corrected chi connectivity index (χ4v) is 3.37. The number of benzene rings is 1. The zero-order chi connectivity index (χ0) is 20.6. The number of hydrogen-bond acceptors (Lipinski definition) is 5. The highest BCUT2D eigenvalue weighted by molar-refractivity contribution is 5.96. The van der Waals surface area contributed by atoms with Gasteiger partial charge >= 0.3 is 12.1 Å². The van der Waals surface area contributed by atoms with E-state index in [1.807, 2.05) is 6.07 Å². The van der Waals surface area contributed by atoms with Crippen LogP contribution in [0.3, 0.4) is 0 Å². The zero-order valence-corrected chi connectivity index (χ0v) is 16.7. The number of carboxylic acids is 1. The number of ether oxygens (including phenoxy) is 2. The van der Waals surface area contributed by atoms with Gasteiger partial charge in [-0.05, 0) is 38.0 Å². The highest BCUT2D eigenvalue weighted by Gasteiger charge is 2.25. The van der Waals surface area contributed by atoms with Crippen LogP contribution in [0.15, 0.2) is 29.3 Å². The van der Waals surface area contributed by atoms with Crippen molar-refractivity contribution in [2.75, 3.05) is 51.3 Å². The van der Waals surface area contributed by atoms with Crippen molar-refractivity contribution in [2.45, 2.75) is 25.9 Å². The van der Waals surface area contributed by atoms with E-state index in [0.29, 0.717) is 51.0 Å². The predicted octanol–water partition coefficient (Wildman–Crippen LogP) is 2.11. The van der Waals surface area contributed by atoms with Crippen molar-refractivity contribution in [3.05, 3.63) is 29.8 Å². The summed E-state index contributed by atoms with van der Waals surface area (Å²) in [5, 5.41) is 12.5. The van der Waals surface area contributed by atoms with Gasteiger partial charge in [0.05, 0.1) is 24.8 Å². The van der Waals surface area contributed by atoms with Crippen molar-refractivity contribution < 1.29 is 24.2 Å². The molecule has 2 heterocycles. The first-order chi connectivity index (χ1) is 14.1. The number of anilines is 1. The summed E-state index contributed by atoms with van der Waals surface area (Å²) in [7, 11) is 0. The lowest BCUT2D eigenvalue weighted by Crippen LogP contribution is -2.52. The average Bonchev–Trinajstić information content (AvgIpc) is 3.25. The Labute approximate surface area is 170 Å². The summed E-state index contributed by atoms with van der Waals surface area (Å²) in [5.41, 5.74) is 0.865. The third-order valence-corrected chi connectivity index (χ3v) is 4.94. The molecule has 2 N–H and O–H groups in total. The Balaban J connectivity index is 1.70. The quantitative estimate of drug-likeness (QED) is 0.572. The van der Waals surface area contributed by atoms with E-state index >= 15 is 0 Å². The fourth-order valence-electron chi connectivity index (χ4n) is 3.37. The maximum absolute atomic E-state index is 11.9. The van der Waals surface area contributed by atoms with E-state index in [-0.39, 0.29) is 17.8 Å². The van der Waals surface area contributed by atoms with Crippen LogP contribution < -0.4 is 5.32 Å². The topological polar surface area (TPSA) is 104 Å². The van der Waals surface area contributed by atoms with Crippen LogP contribution in [0.5, 0.6) is 0 Å². The molecule has 2 saturated heterocycles. The molecule has 1 unspecified atom stereocenters. The number of carbonyl (C=O) groups is 2. The monoisotopic (exact) mass is 404 g/mol. The number of amides is 1. The molecule has 0 spiro atoms. The van der Waals surface area contributed by atoms with Gasteiger partial charge in [-0.2, -0.15) is 0 Å². The lowest BCUT2D eigenvalue weighted by atomic mass is 10.2. The van der Waals surface area contributed by atoms with Gasteiger partial charge in [0.2, 0.25) is 0 Å². The Morgan fingerprint density at radius 1 is 1.28 bits per heavy atom. The molecule has 158 valence electrons. The molecule has 2 fully saturated rings. The number of piperazine rings is 1. The molecule has 0 radical (unpaired) electrons. The molecule has 0 aliphatic carbocycles. The summed E-state index contributed by atoms with van der Waals surface area (Å²) in [6.45, 7) is 5.74. The molecule has 0 saturated carbocycles. The number of nitrogens with zero attached hydrogens (tertiary/aromatic N) is 3. The number of aliphatic imine (C=N–C) groups is 1. The predicted molar refractivity (Wildman–Crippen MR) is 108 cm³/mol. The molecule has 29 heavy (non-hydrogen) atoms. The van der Waals surface area contributed by atoms with Crippen LogP contribution in [0.2, 0.25) is 0 Å². The van der Waals surface area contributed by atoms with Crippen molar-refractivity contribution in [2.24, 2.45) is 4.99 Å². The molecule has 1 aromatic rings. The summed E-state index contributed by atoms with van der Waals surface area (Å²) in [5.74, 6) is -0.318. The molecule has 0 bridgehead atoms. The molecular formula is C20H28N4O5. The van der Waals surface area contributed by atoms with Crippen LogP contribution >= 0.6 is 0 Å². The Hall–Kier alpha value is -2.81. The normalized spacial score (nSPS) is 19.9. The van der Waals surface area contributed by atoms with Gasteiger partial charge in [-0.25, -0.2) is 9.59 Å². The maximum atomic E-state index is 11.9. The largest absolute Gasteiger partial charge is 0.478 e. The van der Waals surface area contributed by atoms with E-state index in [1.54, 1.807) is 30.0 Å². The highest BCUT2D eigenvalue weighted by atomic mass is 16.6. The molecule has 2 aliphatic rings. The van der Waals surface area contributed by atoms with Gasteiger partial charge < -0.3 is 29.7 Å². The van der Waals surface area contributed by atoms with Gasteiger partial charge in [0.15, 0.2) is 5.96 Å². The van der Waals surface area contributed by atoms with Crippen molar-refractivity contribution in [1.82, 2.24) is 9.80 Å². The van der Waals surface area contributed by atoms with Crippen molar-refractivity contribution in [1.29, 1.82) is 0 Å². The van der Waals surface area contributed by atoms with Gasteiger partial charge in [0.25, 0.3) is 0 Å². The van der Waals surface area contributed by atoms with Gasteiger partial charge in [0.1, 0.15) is 0 Å². The highest BCUT2D eigenvalue weighted by Crippen LogP contribution is 2.15.